The van der Waals surface area contributed by atoms with Crippen molar-refractivity contribution in [2.24, 2.45) is 0 Å². The molecule has 0 bridgehead atoms. The molecule has 0 aromatic heterocycles. The first kappa shape index (κ1) is 29.3. The van der Waals surface area contributed by atoms with Gasteiger partial charge < -0.3 is 20.5 Å². The third-order valence-corrected chi connectivity index (χ3v) is 7.72. The molecular weight excluding hydrogens is 577 g/mol. The molecule has 1 aliphatic heterocycles. The molecule has 2 atom stereocenters. The molecular formula is C28H25Cl2N3O6S. The molecule has 1 aliphatic rings. The third-order valence-electron chi connectivity index (χ3n) is 6.08. The molecule has 1 saturated heterocycles. The number of benzene rings is 3. The minimum absolute atomic E-state index is 0.00996. The monoisotopic (exact) mass is 601 g/mol. The SMILES string of the molecule is O=C(Nc1ccc(C[C@H](NC(=O)[C@H]2CSCN2C(=O)OCc2ccccc2)C(=O)O)cc1)c1c(Cl)cccc1Cl. The average molecular weight is 602 g/mol. The number of carbonyl (C=O) groups excluding carboxylic acids is 3. The largest absolute Gasteiger partial charge is 0.480 e. The van der Waals surface area contributed by atoms with Gasteiger partial charge in [0, 0.05) is 17.9 Å². The lowest BCUT2D eigenvalue weighted by molar-refractivity contribution is -0.142. The molecule has 208 valence electrons. The molecule has 3 amide bonds. The van der Waals surface area contributed by atoms with Crippen molar-refractivity contribution in [2.75, 3.05) is 16.9 Å². The summed E-state index contributed by atoms with van der Waals surface area (Å²) in [6.45, 7) is 0.0643. The van der Waals surface area contributed by atoms with Gasteiger partial charge >= 0.3 is 12.1 Å². The Morgan fingerprint density at radius 1 is 0.950 bits per heavy atom. The fourth-order valence-corrected chi connectivity index (χ4v) is 5.69. The number of carboxylic acid groups (broad SMARTS) is 1. The standard InChI is InChI=1S/C28H25Cl2N3O6S/c29-20-7-4-8-21(30)24(20)26(35)31-19-11-9-17(10-12-19)13-22(27(36)37)32-25(34)23-15-40-16-33(23)28(38)39-14-18-5-2-1-3-6-18/h1-12,22-23H,13-16H2,(H,31,35)(H,32,34)(H,36,37)/t22-,23+/m0/s1. The van der Waals surface area contributed by atoms with E-state index in [0.29, 0.717) is 17.0 Å². The molecule has 4 rings (SSSR count). The van der Waals surface area contributed by atoms with E-state index in [1.807, 2.05) is 30.3 Å². The molecule has 3 aromatic rings. The number of rotatable bonds is 9. The first-order valence-electron chi connectivity index (χ1n) is 12.2. The minimum Gasteiger partial charge on any atom is -0.480 e. The second kappa shape index (κ2) is 13.6. The van der Waals surface area contributed by atoms with Gasteiger partial charge in [0.15, 0.2) is 0 Å². The van der Waals surface area contributed by atoms with Crippen molar-refractivity contribution in [2.45, 2.75) is 25.1 Å². The molecule has 9 nitrogen and oxygen atoms in total. The minimum atomic E-state index is -1.23. The first-order valence-corrected chi connectivity index (χ1v) is 14.1. The van der Waals surface area contributed by atoms with E-state index in [4.69, 9.17) is 27.9 Å². The highest BCUT2D eigenvalue weighted by molar-refractivity contribution is 7.99. The predicted molar refractivity (Wildman–Crippen MR) is 154 cm³/mol. The molecule has 0 saturated carbocycles. The van der Waals surface area contributed by atoms with E-state index in [1.165, 1.54) is 16.7 Å². The summed E-state index contributed by atoms with van der Waals surface area (Å²) in [4.78, 5) is 51.5. The van der Waals surface area contributed by atoms with Crippen molar-refractivity contribution in [3.05, 3.63) is 99.5 Å². The number of halogens is 2. The molecule has 1 heterocycles. The van der Waals surface area contributed by atoms with Crippen LogP contribution in [0.5, 0.6) is 0 Å². The summed E-state index contributed by atoms with van der Waals surface area (Å²) in [5.74, 6) is -1.70. The van der Waals surface area contributed by atoms with E-state index in [0.717, 1.165) is 5.56 Å². The fraction of sp³-hybridized carbons (Fsp3) is 0.214. The summed E-state index contributed by atoms with van der Waals surface area (Å²) in [6, 6.07) is 18.3. The van der Waals surface area contributed by atoms with Crippen molar-refractivity contribution < 1.29 is 29.0 Å². The fourth-order valence-electron chi connectivity index (χ4n) is 3.98. The lowest BCUT2D eigenvalue weighted by atomic mass is 10.0. The highest BCUT2D eigenvalue weighted by Crippen LogP contribution is 2.26. The average Bonchev–Trinajstić information content (AvgIpc) is 3.43. The van der Waals surface area contributed by atoms with Gasteiger partial charge in [-0.2, -0.15) is 0 Å². The van der Waals surface area contributed by atoms with Crippen LogP contribution in [0.4, 0.5) is 10.5 Å². The Bertz CT molecular complexity index is 1370. The van der Waals surface area contributed by atoms with Gasteiger partial charge in [-0.05, 0) is 35.4 Å². The van der Waals surface area contributed by atoms with Crippen LogP contribution in [-0.4, -0.2) is 57.6 Å². The zero-order valence-corrected chi connectivity index (χ0v) is 23.3. The van der Waals surface area contributed by atoms with E-state index in [-0.39, 0.29) is 34.5 Å². The van der Waals surface area contributed by atoms with Crippen molar-refractivity contribution in [3.8, 4) is 0 Å². The maximum Gasteiger partial charge on any atom is 0.411 e. The van der Waals surface area contributed by atoms with E-state index in [1.54, 1.807) is 42.5 Å². The molecule has 3 N–H and O–H groups in total. The number of carboxylic acids is 1. The van der Waals surface area contributed by atoms with Crippen LogP contribution in [0, 0.1) is 0 Å². The van der Waals surface area contributed by atoms with Crippen LogP contribution in [0.25, 0.3) is 0 Å². The van der Waals surface area contributed by atoms with Crippen molar-refractivity contribution >= 4 is 64.5 Å². The molecule has 3 aromatic carbocycles. The van der Waals surface area contributed by atoms with Crippen molar-refractivity contribution in [1.82, 2.24) is 10.2 Å². The molecule has 0 unspecified atom stereocenters. The molecule has 0 aliphatic carbocycles. The number of carbonyl (C=O) groups is 4. The number of nitrogens with one attached hydrogen (secondary N) is 2. The van der Waals surface area contributed by atoms with Crippen LogP contribution >= 0.6 is 35.0 Å². The van der Waals surface area contributed by atoms with Crippen LogP contribution in [0.2, 0.25) is 10.0 Å². The Kier molecular flexibility index (Phi) is 9.92. The molecule has 40 heavy (non-hydrogen) atoms. The molecule has 1 fully saturated rings. The van der Waals surface area contributed by atoms with Gasteiger partial charge in [0.1, 0.15) is 18.7 Å². The van der Waals surface area contributed by atoms with E-state index >= 15 is 0 Å². The molecule has 12 heteroatoms. The number of nitrogens with zero attached hydrogens (tertiary/aromatic N) is 1. The van der Waals surface area contributed by atoms with Crippen LogP contribution in [0.1, 0.15) is 21.5 Å². The summed E-state index contributed by atoms with van der Waals surface area (Å²) >= 11 is 13.6. The maximum absolute atomic E-state index is 13.0. The Morgan fingerprint density at radius 3 is 2.27 bits per heavy atom. The number of thioether (sulfide) groups is 1. The number of ether oxygens (including phenoxy) is 1. The summed E-state index contributed by atoms with van der Waals surface area (Å²) in [6.07, 6.45) is -0.652. The molecule has 0 spiro atoms. The van der Waals surface area contributed by atoms with Crippen LogP contribution in [0.15, 0.2) is 72.8 Å². The third kappa shape index (κ3) is 7.47. The second-order valence-electron chi connectivity index (χ2n) is 8.88. The van der Waals surface area contributed by atoms with Crippen LogP contribution in [-0.2, 0) is 27.4 Å². The lowest BCUT2D eigenvalue weighted by Crippen LogP contribution is -2.52. The Labute approximate surface area is 244 Å². The summed E-state index contributed by atoms with van der Waals surface area (Å²) < 4.78 is 5.35. The van der Waals surface area contributed by atoms with E-state index in [9.17, 15) is 24.3 Å². The zero-order chi connectivity index (χ0) is 28.6. The normalized spacial score (nSPS) is 15.2. The summed E-state index contributed by atoms with van der Waals surface area (Å²) in [5.41, 5.74) is 2.02. The van der Waals surface area contributed by atoms with Crippen molar-refractivity contribution in [3.63, 3.8) is 0 Å². The number of hydrogen-bond donors (Lipinski definition) is 3. The van der Waals surface area contributed by atoms with Gasteiger partial charge in [-0.25, -0.2) is 9.59 Å². The van der Waals surface area contributed by atoms with Gasteiger partial charge in [-0.1, -0.05) is 71.7 Å². The smallest absolute Gasteiger partial charge is 0.411 e. The summed E-state index contributed by atoms with van der Waals surface area (Å²) in [7, 11) is 0. The van der Waals surface area contributed by atoms with Crippen LogP contribution < -0.4 is 10.6 Å². The Balaban J connectivity index is 1.34. The predicted octanol–water partition coefficient (Wildman–Crippen LogP) is 5.07. The van der Waals surface area contributed by atoms with Gasteiger partial charge in [0.2, 0.25) is 5.91 Å². The highest BCUT2D eigenvalue weighted by Gasteiger charge is 2.37. The van der Waals surface area contributed by atoms with Gasteiger partial charge in [0.05, 0.1) is 21.5 Å². The topological polar surface area (TPSA) is 125 Å². The van der Waals surface area contributed by atoms with Gasteiger partial charge in [0.25, 0.3) is 5.91 Å². The van der Waals surface area contributed by atoms with Gasteiger partial charge in [-0.15, -0.1) is 11.8 Å². The number of aliphatic carboxylic acids is 1. The van der Waals surface area contributed by atoms with E-state index in [2.05, 4.69) is 10.6 Å². The highest BCUT2D eigenvalue weighted by atomic mass is 35.5. The first-order chi connectivity index (χ1) is 19.2. The van der Waals surface area contributed by atoms with Crippen molar-refractivity contribution in [1.29, 1.82) is 0 Å². The molecule has 0 radical (unpaired) electrons. The second-order valence-corrected chi connectivity index (χ2v) is 10.7. The zero-order valence-electron chi connectivity index (χ0n) is 21.0. The number of hydrogen-bond acceptors (Lipinski definition) is 6. The Hall–Kier alpha value is -3.73. The number of amides is 3. The van der Waals surface area contributed by atoms with Crippen LogP contribution in [0.3, 0.4) is 0 Å². The quantitative estimate of drug-likeness (QED) is 0.313. The Morgan fingerprint density at radius 2 is 1.62 bits per heavy atom. The van der Waals surface area contributed by atoms with E-state index < -0.39 is 36.0 Å². The number of anilines is 1. The summed E-state index contributed by atoms with van der Waals surface area (Å²) in [5, 5.41) is 15.4. The maximum atomic E-state index is 13.0. The lowest BCUT2D eigenvalue weighted by Gasteiger charge is -2.24. The van der Waals surface area contributed by atoms with Gasteiger partial charge in [-0.3, -0.25) is 14.5 Å².